The highest BCUT2D eigenvalue weighted by Crippen LogP contribution is 2.29. The number of nitrogens with two attached hydrogens (primary N) is 1. The van der Waals surface area contributed by atoms with Gasteiger partial charge in [0, 0.05) is 9.40 Å². The Hall–Kier alpha value is -2.57. The van der Waals surface area contributed by atoms with E-state index in [0.29, 0.717) is 0 Å². The molecule has 140 valence electrons. The van der Waals surface area contributed by atoms with Gasteiger partial charge in [0.25, 0.3) is 0 Å². The summed E-state index contributed by atoms with van der Waals surface area (Å²) >= 11 is 3.17. The highest BCUT2D eigenvalue weighted by molar-refractivity contribution is 7.23. The van der Waals surface area contributed by atoms with Crippen molar-refractivity contribution < 1.29 is 9.53 Å². The molecule has 1 amide bonds. The van der Waals surface area contributed by atoms with Gasteiger partial charge in [-0.1, -0.05) is 36.4 Å². The minimum absolute atomic E-state index is 0.413. The average Bonchev–Trinajstić information content (AvgIpc) is 3.14. The summed E-state index contributed by atoms with van der Waals surface area (Å²) in [4.78, 5) is 11.6. The lowest BCUT2D eigenvalue weighted by molar-refractivity contribution is 0.0636. The van der Waals surface area contributed by atoms with E-state index in [1.807, 2.05) is 69.3 Å². The van der Waals surface area contributed by atoms with Crippen LogP contribution in [0.15, 0.2) is 60.7 Å². The van der Waals surface area contributed by atoms with Gasteiger partial charge < -0.3 is 10.5 Å². The van der Waals surface area contributed by atoms with Gasteiger partial charge in [-0.2, -0.15) is 0 Å². The van der Waals surface area contributed by atoms with E-state index in [0.717, 1.165) is 20.1 Å². The molecule has 0 unspecified atom stereocenters. The zero-order valence-electron chi connectivity index (χ0n) is 15.5. The van der Waals surface area contributed by atoms with Crippen molar-refractivity contribution in [3.63, 3.8) is 0 Å². The highest BCUT2D eigenvalue weighted by Gasteiger charge is 2.16. The number of amides is 1. The van der Waals surface area contributed by atoms with E-state index in [1.54, 1.807) is 11.3 Å². The maximum Gasteiger partial charge on any atom is 0.412 e. The van der Waals surface area contributed by atoms with Crippen molar-refractivity contribution in [1.82, 2.24) is 0 Å². The first-order valence-corrected chi connectivity index (χ1v) is 10.2. The lowest BCUT2D eigenvalue weighted by Crippen LogP contribution is -2.26. The Bertz CT molecular complexity index is 995. The summed E-state index contributed by atoms with van der Waals surface area (Å²) in [6, 6.07) is 20.2. The van der Waals surface area contributed by atoms with Gasteiger partial charge >= 0.3 is 6.09 Å². The number of nitrogen functional groups attached to an aromatic ring is 1. The maximum absolute atomic E-state index is 11.6. The Balaban J connectivity index is 0.000000177. The molecule has 0 saturated carbocycles. The number of carbonyl (C=O) groups excluding carboxylic acids is 1. The fourth-order valence-corrected chi connectivity index (χ4v) is 4.23. The molecule has 0 aliphatic rings. The van der Waals surface area contributed by atoms with Crippen molar-refractivity contribution in [1.29, 1.82) is 0 Å². The average molecular weight is 399 g/mol. The summed E-state index contributed by atoms with van der Waals surface area (Å²) in [5.41, 5.74) is 5.14. The number of fused-ring (bicyclic) bond motifs is 2. The Kier molecular flexibility index (Phi) is 5.68. The predicted molar refractivity (Wildman–Crippen MR) is 118 cm³/mol. The van der Waals surface area contributed by atoms with Crippen LogP contribution in [0.3, 0.4) is 0 Å². The number of rotatable bonds is 1. The summed E-state index contributed by atoms with van der Waals surface area (Å²) in [5.74, 6) is 0. The molecular weight excluding hydrogens is 376 g/mol. The number of hydrogen-bond acceptors (Lipinski definition) is 5. The third-order valence-electron chi connectivity index (χ3n) is 3.49. The number of ether oxygens (including phenoxy) is 1. The summed E-state index contributed by atoms with van der Waals surface area (Å²) in [6.07, 6.45) is -0.413. The standard InChI is InChI=1S/C13H15NO2S.C8H7NS/c1-13(2,3)16-12(15)14-11-8-9-6-4-5-7-10(9)17-11;9-8-5-6-3-1-2-4-7(6)10-8/h4-8H,1-3H3,(H,14,15);1-5H,9H2. The third kappa shape index (κ3) is 5.45. The van der Waals surface area contributed by atoms with Gasteiger partial charge in [-0.15, -0.1) is 22.7 Å². The van der Waals surface area contributed by atoms with Crippen LogP contribution in [0.1, 0.15) is 20.8 Å². The molecule has 2 aromatic carbocycles. The normalized spacial score (nSPS) is 11.1. The fraction of sp³-hybridized carbons (Fsp3) is 0.190. The Morgan fingerprint density at radius 2 is 1.48 bits per heavy atom. The molecule has 0 saturated heterocycles. The first-order chi connectivity index (χ1) is 12.8. The fourth-order valence-electron chi connectivity index (χ4n) is 2.45. The molecule has 0 radical (unpaired) electrons. The quantitative estimate of drug-likeness (QED) is 0.373. The van der Waals surface area contributed by atoms with Crippen LogP contribution in [0, 0.1) is 0 Å². The largest absolute Gasteiger partial charge is 0.444 e. The van der Waals surface area contributed by atoms with Crippen LogP contribution in [0.2, 0.25) is 0 Å². The van der Waals surface area contributed by atoms with Gasteiger partial charge in [0.15, 0.2) is 0 Å². The topological polar surface area (TPSA) is 64.3 Å². The minimum atomic E-state index is -0.471. The number of nitrogens with one attached hydrogen (secondary N) is 1. The van der Waals surface area contributed by atoms with Crippen LogP contribution in [-0.4, -0.2) is 11.7 Å². The molecule has 0 aliphatic heterocycles. The monoisotopic (exact) mass is 398 g/mol. The number of benzene rings is 2. The first kappa shape index (κ1) is 19.2. The van der Waals surface area contributed by atoms with Crippen LogP contribution in [-0.2, 0) is 4.74 Å². The second-order valence-electron chi connectivity index (χ2n) is 6.96. The maximum atomic E-state index is 11.6. The number of hydrogen-bond donors (Lipinski definition) is 2. The zero-order chi connectivity index (χ0) is 19.4. The Morgan fingerprint density at radius 3 is 2.04 bits per heavy atom. The molecule has 0 aliphatic carbocycles. The highest BCUT2D eigenvalue weighted by atomic mass is 32.1. The van der Waals surface area contributed by atoms with Gasteiger partial charge in [0.2, 0.25) is 0 Å². The number of thiophene rings is 2. The van der Waals surface area contributed by atoms with Crippen LogP contribution in [0.5, 0.6) is 0 Å². The summed E-state index contributed by atoms with van der Waals surface area (Å²) in [5, 5.41) is 6.81. The number of anilines is 2. The van der Waals surface area contributed by atoms with E-state index in [1.165, 1.54) is 21.4 Å². The lowest BCUT2D eigenvalue weighted by Gasteiger charge is -2.19. The van der Waals surface area contributed by atoms with Gasteiger partial charge in [-0.25, -0.2) is 4.79 Å². The SMILES string of the molecule is CC(C)(C)OC(=O)Nc1cc2ccccc2s1.Nc1cc2ccccc2s1. The molecule has 3 N–H and O–H groups in total. The lowest BCUT2D eigenvalue weighted by atomic mass is 10.2. The summed E-state index contributed by atoms with van der Waals surface area (Å²) < 4.78 is 7.61. The molecule has 2 heterocycles. The van der Waals surface area contributed by atoms with E-state index in [4.69, 9.17) is 10.5 Å². The third-order valence-corrected chi connectivity index (χ3v) is 5.47. The minimum Gasteiger partial charge on any atom is -0.444 e. The van der Waals surface area contributed by atoms with Gasteiger partial charge in [0.05, 0.1) is 10.0 Å². The summed E-state index contributed by atoms with van der Waals surface area (Å²) in [6.45, 7) is 5.53. The molecule has 2 aromatic heterocycles. The van der Waals surface area contributed by atoms with Crippen molar-refractivity contribution in [2.75, 3.05) is 11.1 Å². The molecule has 6 heteroatoms. The van der Waals surface area contributed by atoms with Gasteiger partial charge in [-0.3, -0.25) is 5.32 Å². The van der Waals surface area contributed by atoms with E-state index in [9.17, 15) is 4.79 Å². The molecule has 0 spiro atoms. The zero-order valence-corrected chi connectivity index (χ0v) is 17.1. The predicted octanol–water partition coefficient (Wildman–Crippen LogP) is 6.73. The van der Waals surface area contributed by atoms with Crippen molar-refractivity contribution >= 4 is 58.9 Å². The molecule has 27 heavy (non-hydrogen) atoms. The van der Waals surface area contributed by atoms with E-state index in [-0.39, 0.29) is 0 Å². The van der Waals surface area contributed by atoms with Crippen LogP contribution in [0.25, 0.3) is 20.2 Å². The molecule has 4 rings (SSSR count). The van der Waals surface area contributed by atoms with Crippen molar-refractivity contribution in [3.8, 4) is 0 Å². The second-order valence-corrected chi connectivity index (χ2v) is 9.16. The van der Waals surface area contributed by atoms with Crippen LogP contribution in [0.4, 0.5) is 14.8 Å². The molecule has 4 nitrogen and oxygen atoms in total. The Labute approximate surface area is 166 Å². The second kappa shape index (κ2) is 7.98. The molecule has 4 aromatic rings. The molecule has 0 bridgehead atoms. The van der Waals surface area contributed by atoms with Gasteiger partial charge in [0.1, 0.15) is 5.60 Å². The van der Waals surface area contributed by atoms with Crippen molar-refractivity contribution in [2.45, 2.75) is 26.4 Å². The smallest absolute Gasteiger partial charge is 0.412 e. The van der Waals surface area contributed by atoms with Gasteiger partial charge in [-0.05, 0) is 55.8 Å². The van der Waals surface area contributed by atoms with E-state index < -0.39 is 11.7 Å². The van der Waals surface area contributed by atoms with E-state index in [2.05, 4.69) is 17.4 Å². The summed E-state index contributed by atoms with van der Waals surface area (Å²) in [7, 11) is 0. The van der Waals surface area contributed by atoms with Crippen molar-refractivity contribution in [3.05, 3.63) is 60.7 Å². The Morgan fingerprint density at radius 1 is 0.926 bits per heavy atom. The first-order valence-electron chi connectivity index (χ1n) is 8.53. The molecule has 0 fully saturated rings. The number of carbonyl (C=O) groups is 1. The van der Waals surface area contributed by atoms with Crippen LogP contribution < -0.4 is 11.1 Å². The molecule has 0 atom stereocenters. The van der Waals surface area contributed by atoms with E-state index >= 15 is 0 Å². The van der Waals surface area contributed by atoms with Crippen LogP contribution >= 0.6 is 22.7 Å². The van der Waals surface area contributed by atoms with Crippen molar-refractivity contribution in [2.24, 2.45) is 0 Å². The molecular formula is C21H22N2O2S2.